The fraction of sp³-hybridized carbons (Fsp3) is 0.652. The van der Waals surface area contributed by atoms with Crippen molar-refractivity contribution >= 4 is 17.9 Å². The van der Waals surface area contributed by atoms with Gasteiger partial charge in [-0.05, 0) is 50.7 Å². The second-order valence-electron chi connectivity index (χ2n) is 8.13. The highest BCUT2D eigenvalue weighted by atomic mass is 16.6. The number of rotatable bonds is 14. The lowest BCUT2D eigenvalue weighted by molar-refractivity contribution is -0.385. The van der Waals surface area contributed by atoms with Gasteiger partial charge in [-0.1, -0.05) is 39.0 Å². The third-order valence-corrected chi connectivity index (χ3v) is 5.66. The second kappa shape index (κ2) is 13.0. The zero-order chi connectivity index (χ0) is 21.8. The Hall–Kier alpha value is -2.44. The Labute approximate surface area is 178 Å². The Kier molecular flexibility index (Phi) is 10.3. The average Bonchev–Trinajstić information content (AvgIpc) is 3.23. The van der Waals surface area contributed by atoms with Crippen molar-refractivity contribution in [2.75, 3.05) is 0 Å². The molecule has 1 fully saturated rings. The minimum absolute atomic E-state index is 0.0122. The molecule has 1 aliphatic rings. The molecule has 0 heterocycles. The van der Waals surface area contributed by atoms with Crippen LogP contribution in [-0.2, 0) is 4.79 Å². The first kappa shape index (κ1) is 23.8. The predicted molar refractivity (Wildman–Crippen MR) is 116 cm³/mol. The van der Waals surface area contributed by atoms with Gasteiger partial charge in [0.05, 0.1) is 16.6 Å². The molecular weight excluding hydrogens is 384 g/mol. The molecule has 1 unspecified atom stereocenters. The molecule has 0 radical (unpaired) electrons. The van der Waals surface area contributed by atoms with Gasteiger partial charge in [0.2, 0.25) is 5.91 Å². The molecule has 1 aromatic carbocycles. The van der Waals surface area contributed by atoms with Gasteiger partial charge in [0, 0.05) is 18.5 Å². The van der Waals surface area contributed by atoms with Crippen molar-refractivity contribution in [3.63, 3.8) is 0 Å². The van der Waals surface area contributed by atoms with E-state index in [1.807, 2.05) is 0 Å². The van der Waals surface area contributed by atoms with E-state index in [2.05, 4.69) is 12.2 Å². The summed E-state index contributed by atoms with van der Waals surface area (Å²) in [6.45, 7) is 2.16. The lowest BCUT2D eigenvalue weighted by Crippen LogP contribution is -2.32. The Morgan fingerprint density at radius 2 is 1.97 bits per heavy atom. The fourth-order valence-electron chi connectivity index (χ4n) is 3.98. The predicted octanol–water partition coefficient (Wildman–Crippen LogP) is 5.35. The number of aldehydes is 1. The molecule has 0 bridgehead atoms. The summed E-state index contributed by atoms with van der Waals surface area (Å²) in [7, 11) is 0. The van der Waals surface area contributed by atoms with Crippen molar-refractivity contribution in [1.82, 2.24) is 5.32 Å². The zero-order valence-electron chi connectivity index (χ0n) is 17.9. The quantitative estimate of drug-likeness (QED) is 0.190. The van der Waals surface area contributed by atoms with E-state index in [9.17, 15) is 19.7 Å². The van der Waals surface area contributed by atoms with Crippen LogP contribution in [0.3, 0.4) is 0 Å². The summed E-state index contributed by atoms with van der Waals surface area (Å²) in [4.78, 5) is 33.8. The van der Waals surface area contributed by atoms with E-state index in [0.29, 0.717) is 24.5 Å². The lowest BCUT2D eigenvalue weighted by atomic mass is 10.0. The summed E-state index contributed by atoms with van der Waals surface area (Å²) in [5.74, 6) is 0.559. The van der Waals surface area contributed by atoms with Crippen LogP contribution in [0.15, 0.2) is 18.2 Å². The highest BCUT2D eigenvalue weighted by Gasteiger charge is 2.19. The van der Waals surface area contributed by atoms with E-state index < -0.39 is 4.92 Å². The van der Waals surface area contributed by atoms with Gasteiger partial charge in [-0.2, -0.15) is 0 Å². The van der Waals surface area contributed by atoms with E-state index in [1.54, 1.807) is 0 Å². The summed E-state index contributed by atoms with van der Waals surface area (Å²) in [6, 6.07) is 4.61. The van der Waals surface area contributed by atoms with E-state index in [4.69, 9.17) is 4.74 Å². The van der Waals surface area contributed by atoms with E-state index in [0.717, 1.165) is 51.4 Å². The minimum atomic E-state index is -0.571. The van der Waals surface area contributed by atoms with E-state index >= 15 is 0 Å². The molecule has 1 aliphatic carbocycles. The number of hydrogen-bond donors (Lipinski definition) is 1. The Balaban J connectivity index is 1.90. The first-order valence-electron chi connectivity index (χ1n) is 11.2. The molecule has 7 nitrogen and oxygen atoms in total. The molecule has 7 heteroatoms. The third kappa shape index (κ3) is 8.13. The summed E-state index contributed by atoms with van der Waals surface area (Å²) < 4.78 is 6.07. The maximum absolute atomic E-state index is 12.2. The molecule has 1 aromatic rings. The van der Waals surface area contributed by atoms with Gasteiger partial charge in [0.1, 0.15) is 5.75 Å². The lowest BCUT2D eigenvalue weighted by Gasteiger charge is -2.20. The number of nitrogens with one attached hydrogen (secondary N) is 1. The SMILES string of the molecule is CCCCCCC(CCCC(=O)NC1CCCC1)Oc1ccc([N+](=O)[O-])c(C=O)c1. The number of nitro groups is 1. The van der Waals surface area contributed by atoms with Gasteiger partial charge in [-0.3, -0.25) is 19.7 Å². The van der Waals surface area contributed by atoms with Gasteiger partial charge in [-0.25, -0.2) is 0 Å². The summed E-state index contributed by atoms with van der Waals surface area (Å²) >= 11 is 0. The van der Waals surface area contributed by atoms with Crippen LogP contribution in [0.25, 0.3) is 0 Å². The van der Waals surface area contributed by atoms with Crippen LogP contribution in [0.4, 0.5) is 5.69 Å². The van der Waals surface area contributed by atoms with Gasteiger partial charge in [0.25, 0.3) is 5.69 Å². The van der Waals surface area contributed by atoms with Gasteiger partial charge >= 0.3 is 0 Å². The highest BCUT2D eigenvalue weighted by Crippen LogP contribution is 2.25. The van der Waals surface area contributed by atoms with Crippen LogP contribution in [0.1, 0.15) is 94.3 Å². The molecule has 0 spiro atoms. The maximum Gasteiger partial charge on any atom is 0.280 e. The molecular formula is C23H34N2O5. The molecule has 0 aliphatic heterocycles. The summed E-state index contributed by atoms with van der Waals surface area (Å²) in [5.41, 5.74) is -0.210. The Morgan fingerprint density at radius 3 is 2.63 bits per heavy atom. The largest absolute Gasteiger partial charge is 0.490 e. The van der Waals surface area contributed by atoms with E-state index in [-0.39, 0.29) is 23.3 Å². The maximum atomic E-state index is 12.2. The number of benzene rings is 1. The standard InChI is InChI=1S/C23H34N2O5/c1-2-3-4-5-11-20(12-8-13-23(27)24-19-9-6-7-10-19)30-21-14-15-22(25(28)29)18(16-21)17-26/h14-17,19-20H,2-13H2,1H3,(H,24,27). The van der Waals surface area contributed by atoms with Crippen LogP contribution < -0.4 is 10.1 Å². The number of unbranched alkanes of at least 4 members (excludes halogenated alkanes) is 3. The number of carbonyl (C=O) groups is 2. The molecule has 30 heavy (non-hydrogen) atoms. The van der Waals surface area contributed by atoms with Crippen molar-refractivity contribution in [2.45, 2.75) is 96.1 Å². The molecule has 1 N–H and O–H groups in total. The normalized spacial score (nSPS) is 15.0. The minimum Gasteiger partial charge on any atom is -0.490 e. The van der Waals surface area contributed by atoms with E-state index in [1.165, 1.54) is 37.5 Å². The van der Waals surface area contributed by atoms with Crippen LogP contribution in [0, 0.1) is 10.1 Å². The van der Waals surface area contributed by atoms with Crippen LogP contribution >= 0.6 is 0 Å². The van der Waals surface area contributed by atoms with Crippen molar-refractivity contribution < 1.29 is 19.2 Å². The van der Waals surface area contributed by atoms with Crippen LogP contribution in [-0.4, -0.2) is 29.3 Å². The number of hydrogen-bond acceptors (Lipinski definition) is 5. The zero-order valence-corrected chi connectivity index (χ0v) is 17.9. The Bertz CT molecular complexity index is 701. The van der Waals surface area contributed by atoms with Crippen LogP contribution in [0.2, 0.25) is 0 Å². The number of nitrogens with zero attached hydrogens (tertiary/aromatic N) is 1. The van der Waals surface area contributed by atoms with Crippen molar-refractivity contribution in [2.24, 2.45) is 0 Å². The molecule has 0 aromatic heterocycles. The topological polar surface area (TPSA) is 98.5 Å². The first-order valence-corrected chi connectivity index (χ1v) is 11.2. The summed E-state index contributed by atoms with van der Waals surface area (Å²) in [6.07, 6.45) is 12.2. The molecule has 2 rings (SSSR count). The molecule has 1 atom stereocenters. The number of nitro benzene ring substituents is 1. The van der Waals surface area contributed by atoms with Gasteiger partial charge in [0.15, 0.2) is 6.29 Å². The number of ether oxygens (including phenoxy) is 1. The van der Waals surface area contributed by atoms with Crippen molar-refractivity contribution in [3.8, 4) is 5.75 Å². The third-order valence-electron chi connectivity index (χ3n) is 5.66. The first-order chi connectivity index (χ1) is 14.5. The number of amides is 1. The second-order valence-corrected chi connectivity index (χ2v) is 8.13. The highest BCUT2D eigenvalue weighted by molar-refractivity contribution is 5.82. The average molecular weight is 419 g/mol. The van der Waals surface area contributed by atoms with Gasteiger partial charge < -0.3 is 10.1 Å². The molecule has 1 saturated carbocycles. The van der Waals surface area contributed by atoms with Gasteiger partial charge in [-0.15, -0.1) is 0 Å². The van der Waals surface area contributed by atoms with Crippen molar-refractivity contribution in [3.05, 3.63) is 33.9 Å². The fourth-order valence-corrected chi connectivity index (χ4v) is 3.98. The summed E-state index contributed by atoms with van der Waals surface area (Å²) in [5, 5.41) is 14.1. The molecule has 166 valence electrons. The van der Waals surface area contributed by atoms with Crippen LogP contribution in [0.5, 0.6) is 5.75 Å². The Morgan fingerprint density at radius 1 is 1.23 bits per heavy atom. The molecule has 0 saturated heterocycles. The van der Waals surface area contributed by atoms with Crippen molar-refractivity contribution in [1.29, 1.82) is 0 Å². The number of carbonyl (C=O) groups excluding carboxylic acids is 2. The monoisotopic (exact) mass is 418 g/mol. The molecule has 1 amide bonds. The smallest absolute Gasteiger partial charge is 0.280 e.